The van der Waals surface area contributed by atoms with Crippen molar-refractivity contribution in [1.82, 2.24) is 24.7 Å². The van der Waals surface area contributed by atoms with Crippen LogP contribution in [0.1, 0.15) is 26.3 Å². The van der Waals surface area contributed by atoms with Gasteiger partial charge in [0.15, 0.2) is 0 Å². The number of amides is 1. The quantitative estimate of drug-likeness (QED) is 0.455. The second-order valence-corrected chi connectivity index (χ2v) is 8.39. The maximum atomic E-state index is 11.8. The van der Waals surface area contributed by atoms with Gasteiger partial charge in [-0.15, -0.1) is 0 Å². The summed E-state index contributed by atoms with van der Waals surface area (Å²) in [5, 5.41) is 7.47. The van der Waals surface area contributed by atoms with E-state index in [1.807, 2.05) is 29.1 Å². The van der Waals surface area contributed by atoms with E-state index in [0.717, 1.165) is 27.7 Å². The van der Waals surface area contributed by atoms with Gasteiger partial charge in [0.25, 0.3) is 0 Å². The third-order valence-electron chi connectivity index (χ3n) is 4.27. The molecule has 158 valence electrons. The van der Waals surface area contributed by atoms with Gasteiger partial charge in [0, 0.05) is 29.7 Å². The first-order valence-corrected chi connectivity index (χ1v) is 10.0. The lowest BCUT2D eigenvalue weighted by molar-refractivity contribution is 0.0635. The zero-order chi connectivity index (χ0) is 22.0. The molecule has 0 aromatic carbocycles. The first-order chi connectivity index (χ1) is 14.7. The van der Waals surface area contributed by atoms with E-state index >= 15 is 0 Å². The van der Waals surface area contributed by atoms with E-state index in [1.54, 1.807) is 51.5 Å². The summed E-state index contributed by atoms with van der Waals surface area (Å²) in [6.07, 6.45) is 6.65. The van der Waals surface area contributed by atoms with Crippen molar-refractivity contribution in [3.8, 4) is 11.1 Å². The van der Waals surface area contributed by atoms with Crippen LogP contribution in [0.15, 0.2) is 55.1 Å². The zero-order valence-electron chi connectivity index (χ0n) is 17.3. The Bertz CT molecular complexity index is 1230. The first kappa shape index (κ1) is 20.7. The lowest BCUT2D eigenvalue weighted by atomic mass is 10.1. The van der Waals surface area contributed by atoms with Crippen LogP contribution in [0.3, 0.4) is 0 Å². The van der Waals surface area contributed by atoms with Gasteiger partial charge in [0.1, 0.15) is 16.6 Å². The predicted molar refractivity (Wildman–Crippen MR) is 119 cm³/mol. The summed E-state index contributed by atoms with van der Waals surface area (Å²) in [5.41, 5.74) is 3.72. The summed E-state index contributed by atoms with van der Waals surface area (Å²) in [6, 6.07) is 9.11. The molecule has 4 rings (SSSR count). The molecule has 0 saturated heterocycles. The number of anilines is 1. The fourth-order valence-corrected chi connectivity index (χ4v) is 3.08. The van der Waals surface area contributed by atoms with Crippen molar-refractivity contribution < 1.29 is 9.53 Å². The largest absolute Gasteiger partial charge is 0.444 e. The molecule has 0 atom stereocenters. The summed E-state index contributed by atoms with van der Waals surface area (Å²) in [4.78, 5) is 24.9. The summed E-state index contributed by atoms with van der Waals surface area (Å²) in [5.74, 6) is 0.424. The Labute approximate surface area is 184 Å². The summed E-state index contributed by atoms with van der Waals surface area (Å²) in [7, 11) is 0. The van der Waals surface area contributed by atoms with Crippen LogP contribution in [0, 0.1) is 0 Å². The SMILES string of the molecule is CC(C)(C)OC(=O)Nc1ccc(Cn2cc(-c3cnc4ccc(Cl)nc4c3)cn2)cn1. The normalized spacial score (nSPS) is 11.5. The topological polar surface area (TPSA) is 94.8 Å². The Morgan fingerprint density at radius 1 is 1.06 bits per heavy atom. The third kappa shape index (κ3) is 5.35. The summed E-state index contributed by atoms with van der Waals surface area (Å²) >= 11 is 5.99. The highest BCUT2D eigenvalue weighted by Crippen LogP contribution is 2.22. The smallest absolute Gasteiger partial charge is 0.413 e. The molecule has 0 aliphatic carbocycles. The second kappa shape index (κ2) is 8.31. The maximum absolute atomic E-state index is 11.8. The molecule has 0 saturated carbocycles. The Morgan fingerprint density at radius 3 is 2.65 bits per heavy atom. The average Bonchev–Trinajstić information content (AvgIpc) is 3.16. The van der Waals surface area contributed by atoms with E-state index in [1.165, 1.54) is 0 Å². The minimum absolute atomic E-state index is 0.424. The molecule has 4 heterocycles. The number of pyridine rings is 3. The molecular weight excluding hydrogens is 416 g/mol. The molecule has 1 N–H and O–H groups in total. The molecule has 31 heavy (non-hydrogen) atoms. The van der Waals surface area contributed by atoms with E-state index in [0.29, 0.717) is 17.5 Å². The number of nitrogens with zero attached hydrogens (tertiary/aromatic N) is 5. The Kier molecular flexibility index (Phi) is 5.56. The Hall–Kier alpha value is -3.52. The van der Waals surface area contributed by atoms with Crippen LogP contribution in [0.2, 0.25) is 5.15 Å². The second-order valence-electron chi connectivity index (χ2n) is 8.00. The van der Waals surface area contributed by atoms with Gasteiger partial charge in [0.05, 0.1) is 23.8 Å². The van der Waals surface area contributed by atoms with Crippen LogP contribution in [0.4, 0.5) is 10.6 Å². The molecule has 4 aromatic rings. The number of carbonyl (C=O) groups excluding carboxylic acids is 1. The number of aromatic nitrogens is 5. The molecule has 9 heteroatoms. The molecule has 0 radical (unpaired) electrons. The number of carbonyl (C=O) groups is 1. The zero-order valence-corrected chi connectivity index (χ0v) is 18.1. The third-order valence-corrected chi connectivity index (χ3v) is 4.48. The fraction of sp³-hybridized carbons (Fsp3) is 0.227. The molecule has 4 aromatic heterocycles. The summed E-state index contributed by atoms with van der Waals surface area (Å²) < 4.78 is 7.03. The van der Waals surface area contributed by atoms with E-state index in [-0.39, 0.29) is 0 Å². The monoisotopic (exact) mass is 436 g/mol. The Balaban J connectivity index is 1.44. The molecular formula is C22H21ClN6O2. The van der Waals surface area contributed by atoms with E-state index in [4.69, 9.17) is 16.3 Å². The van der Waals surface area contributed by atoms with Gasteiger partial charge in [-0.2, -0.15) is 5.10 Å². The molecule has 8 nitrogen and oxygen atoms in total. The van der Waals surface area contributed by atoms with Crippen LogP contribution >= 0.6 is 11.6 Å². The highest BCUT2D eigenvalue weighted by Gasteiger charge is 2.16. The van der Waals surface area contributed by atoms with Crippen LogP contribution in [-0.4, -0.2) is 36.4 Å². The molecule has 0 fully saturated rings. The van der Waals surface area contributed by atoms with Gasteiger partial charge in [-0.3, -0.25) is 15.0 Å². The van der Waals surface area contributed by atoms with Crippen LogP contribution in [-0.2, 0) is 11.3 Å². The van der Waals surface area contributed by atoms with Crippen molar-refractivity contribution in [2.75, 3.05) is 5.32 Å². The van der Waals surface area contributed by atoms with Crippen molar-refractivity contribution in [3.63, 3.8) is 0 Å². The highest BCUT2D eigenvalue weighted by atomic mass is 35.5. The number of rotatable bonds is 4. The van der Waals surface area contributed by atoms with Gasteiger partial charge >= 0.3 is 6.09 Å². The van der Waals surface area contributed by atoms with E-state index in [9.17, 15) is 4.79 Å². The lowest BCUT2D eigenvalue weighted by Crippen LogP contribution is -2.27. The van der Waals surface area contributed by atoms with Gasteiger partial charge in [0.2, 0.25) is 0 Å². The van der Waals surface area contributed by atoms with Crippen LogP contribution in [0.5, 0.6) is 0 Å². The number of hydrogen-bond acceptors (Lipinski definition) is 6. The minimum atomic E-state index is -0.565. The Morgan fingerprint density at radius 2 is 1.90 bits per heavy atom. The van der Waals surface area contributed by atoms with Crippen molar-refractivity contribution in [3.05, 3.63) is 65.8 Å². The van der Waals surface area contributed by atoms with E-state index in [2.05, 4.69) is 25.4 Å². The highest BCUT2D eigenvalue weighted by molar-refractivity contribution is 6.29. The van der Waals surface area contributed by atoms with Gasteiger partial charge in [-0.25, -0.2) is 14.8 Å². The van der Waals surface area contributed by atoms with Crippen molar-refractivity contribution in [1.29, 1.82) is 0 Å². The number of ether oxygens (including phenoxy) is 1. The van der Waals surface area contributed by atoms with Gasteiger partial charge < -0.3 is 4.74 Å². The number of hydrogen-bond donors (Lipinski definition) is 1. The first-order valence-electron chi connectivity index (χ1n) is 9.65. The molecule has 0 spiro atoms. The maximum Gasteiger partial charge on any atom is 0.413 e. The van der Waals surface area contributed by atoms with E-state index < -0.39 is 11.7 Å². The number of fused-ring (bicyclic) bond motifs is 1. The standard InChI is InChI=1S/C22H21ClN6O2/c1-22(2,3)31-21(30)28-20-7-4-14(9-25-20)12-29-13-16(11-26-29)15-8-18-17(24-10-15)5-6-19(23)27-18/h4-11,13H,12H2,1-3H3,(H,25,28,30). The van der Waals surface area contributed by atoms with Crippen LogP contribution < -0.4 is 5.32 Å². The van der Waals surface area contributed by atoms with Crippen molar-refractivity contribution in [2.45, 2.75) is 32.9 Å². The molecule has 0 aliphatic rings. The average molecular weight is 437 g/mol. The fourth-order valence-electron chi connectivity index (χ4n) is 2.93. The van der Waals surface area contributed by atoms with Crippen molar-refractivity contribution >= 4 is 34.5 Å². The molecule has 0 bridgehead atoms. The predicted octanol–water partition coefficient (Wildman–Crippen LogP) is 4.94. The summed E-state index contributed by atoms with van der Waals surface area (Å²) in [6.45, 7) is 5.95. The van der Waals surface area contributed by atoms with Gasteiger partial charge in [-0.1, -0.05) is 17.7 Å². The molecule has 0 unspecified atom stereocenters. The molecule has 1 amide bonds. The minimum Gasteiger partial charge on any atom is -0.444 e. The number of nitrogens with one attached hydrogen (secondary N) is 1. The molecule has 0 aliphatic heterocycles. The van der Waals surface area contributed by atoms with Crippen molar-refractivity contribution in [2.24, 2.45) is 0 Å². The van der Waals surface area contributed by atoms with Crippen LogP contribution in [0.25, 0.3) is 22.2 Å². The number of halogens is 1. The van der Waals surface area contributed by atoms with Gasteiger partial charge in [-0.05, 0) is 50.6 Å². The lowest BCUT2D eigenvalue weighted by Gasteiger charge is -2.19.